The van der Waals surface area contributed by atoms with E-state index in [9.17, 15) is 19.6 Å². The lowest BCUT2D eigenvalue weighted by atomic mass is 9.96. The van der Waals surface area contributed by atoms with Gasteiger partial charge in [-0.1, -0.05) is 42.5 Å². The van der Waals surface area contributed by atoms with Crippen LogP contribution in [0.3, 0.4) is 0 Å². The summed E-state index contributed by atoms with van der Waals surface area (Å²) in [5.41, 5.74) is 4.65. The maximum absolute atomic E-state index is 14.1. The number of rotatable bonds is 11. The number of ether oxygens (including phenoxy) is 2. The molecule has 0 bridgehead atoms. The quantitative estimate of drug-likeness (QED) is 0.112. The summed E-state index contributed by atoms with van der Waals surface area (Å²) in [4.78, 5) is 24.5. The molecule has 222 valence electrons. The van der Waals surface area contributed by atoms with Crippen molar-refractivity contribution in [3.8, 4) is 5.75 Å². The molecule has 14 nitrogen and oxygen atoms in total. The highest BCUT2D eigenvalue weighted by atomic mass is 31.2. The van der Waals surface area contributed by atoms with Gasteiger partial charge in [-0.25, -0.2) is 24.6 Å². The topological polar surface area (TPSA) is 193 Å². The maximum atomic E-state index is 14.1. The summed E-state index contributed by atoms with van der Waals surface area (Å²) in [5, 5.41) is 26.1. The van der Waals surface area contributed by atoms with Crippen LogP contribution in [0.4, 0.5) is 5.82 Å². The molecule has 1 unspecified atom stereocenters. The number of nitrogens with one attached hydrogen (secondary N) is 1. The van der Waals surface area contributed by atoms with E-state index in [1.807, 2.05) is 18.2 Å². The van der Waals surface area contributed by atoms with Crippen LogP contribution in [0, 0.1) is 0 Å². The van der Waals surface area contributed by atoms with Crippen LogP contribution >= 0.6 is 7.75 Å². The zero-order chi connectivity index (χ0) is 30.1. The average Bonchev–Trinajstić information content (AvgIpc) is 3.51. The number of esters is 1. The highest BCUT2D eigenvalue weighted by Crippen LogP contribution is 2.49. The molecule has 3 heterocycles. The van der Waals surface area contributed by atoms with Crippen LogP contribution in [0.5, 0.6) is 5.75 Å². The number of nitrogen functional groups attached to an aromatic ring is 1. The van der Waals surface area contributed by atoms with E-state index < -0.39 is 57.0 Å². The van der Waals surface area contributed by atoms with E-state index in [4.69, 9.17) is 24.3 Å². The van der Waals surface area contributed by atoms with Gasteiger partial charge >= 0.3 is 13.7 Å². The number of aliphatic hydroxyl groups excluding tert-OH is 2. The molecule has 1 aliphatic heterocycles. The minimum atomic E-state index is -4.35. The predicted octanol–water partition coefficient (Wildman–Crippen LogP) is 2.48. The van der Waals surface area contributed by atoms with Gasteiger partial charge in [-0.2, -0.15) is 0 Å². The summed E-state index contributed by atoms with van der Waals surface area (Å²) in [6.07, 6.45) is -0.892. The van der Waals surface area contributed by atoms with Gasteiger partial charge in [-0.05, 0) is 25.3 Å². The molecular weight excluding hydrogens is 567 g/mol. The third-order valence-electron chi connectivity index (χ3n) is 6.68. The molecule has 0 amide bonds. The Kier molecular flexibility index (Phi) is 8.28. The first-order valence-electron chi connectivity index (χ1n) is 13.0. The first-order chi connectivity index (χ1) is 20.1. The number of carbonyl (C=O) groups is 1. The molecule has 42 heavy (non-hydrogen) atoms. The summed E-state index contributed by atoms with van der Waals surface area (Å²) in [5.74, 6) is -0.338. The molecule has 4 aromatic rings. The van der Waals surface area contributed by atoms with E-state index in [1.165, 1.54) is 23.3 Å². The first-order valence-corrected chi connectivity index (χ1v) is 14.6. The average molecular weight is 599 g/mol. The van der Waals surface area contributed by atoms with Crippen LogP contribution < -0.4 is 15.3 Å². The van der Waals surface area contributed by atoms with Crippen molar-refractivity contribution in [2.75, 3.05) is 18.9 Å². The molecular formula is C27H31N6O8P. The second-order valence-corrected chi connectivity index (χ2v) is 11.7. The van der Waals surface area contributed by atoms with Crippen LogP contribution in [0.1, 0.15) is 20.1 Å². The largest absolute Gasteiger partial charge is 0.462 e. The standard InChI is InChI=1S/C27H31N6O8P/c1-4-27(23(36)22(35)26(40-27)33-15-31-21-24(28)29-14-30-25(21)33)13-38-42(37,32-12-20(34)39-16(2)3)41-19-11-7-9-17-8-5-6-10-18(17)19/h4-11,14-16,22-23,26,35-36H,1,12-13H2,2-3H3,(H,32,37)(H2,28,29,30)/t22-,23+,26-,27-,42?/m1/s1. The molecule has 0 spiro atoms. The number of fused-ring (bicyclic) bond motifs is 2. The molecule has 0 saturated carbocycles. The normalized spacial score (nSPS) is 23.7. The van der Waals surface area contributed by atoms with Crippen molar-refractivity contribution >= 4 is 41.5 Å². The molecule has 1 fully saturated rings. The van der Waals surface area contributed by atoms with Crippen LogP contribution in [-0.2, 0) is 23.4 Å². The SMILES string of the molecule is C=C[C@]1(COP(=O)(NCC(=O)OC(C)C)Oc2cccc3ccccc23)O[C@@H](n2cnc3c(N)ncnc32)[C@H](O)[C@@H]1O. The smallest absolute Gasteiger partial charge is 0.459 e. The zero-order valence-corrected chi connectivity index (χ0v) is 23.8. The highest BCUT2D eigenvalue weighted by molar-refractivity contribution is 7.52. The van der Waals surface area contributed by atoms with Crippen LogP contribution in [-0.4, -0.2) is 72.8 Å². The Labute approximate surface area is 240 Å². The summed E-state index contributed by atoms with van der Waals surface area (Å²) >= 11 is 0. The second kappa shape index (κ2) is 11.8. The van der Waals surface area contributed by atoms with E-state index in [-0.39, 0.29) is 22.7 Å². The van der Waals surface area contributed by atoms with Crippen molar-refractivity contribution < 1.29 is 38.1 Å². The van der Waals surface area contributed by atoms with Crippen LogP contribution in [0.25, 0.3) is 21.9 Å². The lowest BCUT2D eigenvalue weighted by molar-refractivity contribution is -0.146. The van der Waals surface area contributed by atoms with Crippen molar-refractivity contribution in [3.05, 3.63) is 67.8 Å². The summed E-state index contributed by atoms with van der Waals surface area (Å²) in [7, 11) is -4.35. The number of imidazole rings is 1. The fourth-order valence-electron chi connectivity index (χ4n) is 4.59. The van der Waals surface area contributed by atoms with E-state index in [0.29, 0.717) is 5.39 Å². The third kappa shape index (κ3) is 5.73. The summed E-state index contributed by atoms with van der Waals surface area (Å²) in [6, 6.07) is 12.5. The predicted molar refractivity (Wildman–Crippen MR) is 152 cm³/mol. The van der Waals surface area contributed by atoms with Gasteiger partial charge in [-0.3, -0.25) is 13.9 Å². The minimum absolute atomic E-state index is 0.124. The first kappa shape index (κ1) is 29.6. The van der Waals surface area contributed by atoms with Crippen molar-refractivity contribution in [1.29, 1.82) is 0 Å². The van der Waals surface area contributed by atoms with Crippen molar-refractivity contribution in [2.45, 2.75) is 44.0 Å². The molecule has 0 radical (unpaired) electrons. The fourth-order valence-corrected chi connectivity index (χ4v) is 5.92. The molecule has 5 atom stereocenters. The number of benzene rings is 2. The lowest BCUT2D eigenvalue weighted by Gasteiger charge is -2.30. The van der Waals surface area contributed by atoms with Gasteiger partial charge in [0, 0.05) is 5.39 Å². The van der Waals surface area contributed by atoms with E-state index in [1.54, 1.807) is 38.1 Å². The van der Waals surface area contributed by atoms with E-state index in [2.05, 4.69) is 26.6 Å². The Morgan fingerprint density at radius 2 is 2.00 bits per heavy atom. The van der Waals surface area contributed by atoms with Gasteiger partial charge < -0.3 is 29.9 Å². The molecule has 0 aliphatic carbocycles. The molecule has 2 aromatic carbocycles. The number of anilines is 1. The minimum Gasteiger partial charge on any atom is -0.462 e. The van der Waals surface area contributed by atoms with E-state index in [0.717, 1.165) is 5.39 Å². The van der Waals surface area contributed by atoms with E-state index >= 15 is 0 Å². The molecule has 1 aliphatic rings. The maximum Gasteiger partial charge on any atom is 0.459 e. The Bertz CT molecular complexity index is 1660. The van der Waals surface area contributed by atoms with Gasteiger partial charge in [0.05, 0.1) is 19.0 Å². The van der Waals surface area contributed by atoms with Crippen molar-refractivity contribution in [2.24, 2.45) is 0 Å². The Morgan fingerprint density at radius 3 is 2.76 bits per heavy atom. The monoisotopic (exact) mass is 598 g/mol. The molecule has 5 rings (SSSR count). The van der Waals surface area contributed by atoms with Gasteiger partial charge in [-0.15, -0.1) is 6.58 Å². The van der Waals surface area contributed by atoms with Crippen LogP contribution in [0.2, 0.25) is 0 Å². The number of hydrogen-bond acceptors (Lipinski definition) is 12. The highest BCUT2D eigenvalue weighted by Gasteiger charge is 2.55. The number of aromatic nitrogens is 4. The molecule has 2 aromatic heterocycles. The van der Waals surface area contributed by atoms with Gasteiger partial charge in [0.2, 0.25) is 0 Å². The number of hydrogen-bond donors (Lipinski definition) is 4. The Hall–Kier alpha value is -3.91. The molecule has 1 saturated heterocycles. The number of aliphatic hydroxyl groups is 2. The van der Waals surface area contributed by atoms with Gasteiger partial charge in [0.15, 0.2) is 17.7 Å². The second-order valence-electron chi connectivity index (χ2n) is 9.90. The fraction of sp³-hybridized carbons (Fsp3) is 0.333. The number of nitrogens with two attached hydrogens (primary N) is 1. The Morgan fingerprint density at radius 1 is 1.24 bits per heavy atom. The van der Waals surface area contributed by atoms with Crippen molar-refractivity contribution in [1.82, 2.24) is 24.6 Å². The number of nitrogens with zero attached hydrogens (tertiary/aromatic N) is 4. The summed E-state index contributed by atoms with van der Waals surface area (Å²) < 4.78 is 38.4. The Balaban J connectivity index is 1.42. The zero-order valence-electron chi connectivity index (χ0n) is 22.9. The van der Waals surface area contributed by atoms with Gasteiger partial charge in [0.1, 0.15) is 41.9 Å². The third-order valence-corrected chi connectivity index (χ3v) is 8.13. The molecule has 15 heteroatoms. The van der Waals surface area contributed by atoms with Crippen LogP contribution in [0.15, 0.2) is 67.8 Å². The summed E-state index contributed by atoms with van der Waals surface area (Å²) in [6.45, 7) is 6.02. The van der Waals surface area contributed by atoms with Crippen molar-refractivity contribution in [3.63, 3.8) is 0 Å². The number of carbonyl (C=O) groups excluding carboxylic acids is 1. The van der Waals surface area contributed by atoms with Gasteiger partial charge in [0.25, 0.3) is 0 Å². The molecule has 5 N–H and O–H groups in total. The lowest BCUT2D eigenvalue weighted by Crippen LogP contribution is -2.45.